The molecule has 1 fully saturated rings. The van der Waals surface area contributed by atoms with Gasteiger partial charge in [-0.15, -0.1) is 0 Å². The van der Waals surface area contributed by atoms with E-state index in [-0.39, 0.29) is 17.9 Å². The van der Waals surface area contributed by atoms with Crippen molar-refractivity contribution in [3.63, 3.8) is 0 Å². The highest BCUT2D eigenvalue weighted by atomic mass is 16.4. The standard InChI is InChI=1S/C14H26N2O3/c1-10(5-3-6-11(2)15)13(17)16-8-4-7-12(9-16)14(18)19/h10-12H,3-9,15H2,1-2H3,(H,18,19). The van der Waals surface area contributed by atoms with Crippen LogP contribution >= 0.6 is 0 Å². The first-order valence-corrected chi connectivity index (χ1v) is 7.19. The molecule has 19 heavy (non-hydrogen) atoms. The molecule has 3 atom stereocenters. The quantitative estimate of drug-likeness (QED) is 0.765. The molecule has 1 amide bonds. The number of rotatable bonds is 6. The Balaban J connectivity index is 2.40. The molecular formula is C14H26N2O3. The zero-order valence-corrected chi connectivity index (χ0v) is 12.0. The Morgan fingerprint density at radius 3 is 2.63 bits per heavy atom. The molecular weight excluding hydrogens is 244 g/mol. The lowest BCUT2D eigenvalue weighted by atomic mass is 9.95. The second-order valence-electron chi connectivity index (χ2n) is 5.77. The molecule has 0 spiro atoms. The molecule has 0 bridgehead atoms. The summed E-state index contributed by atoms with van der Waals surface area (Å²) in [5.74, 6) is -1.13. The van der Waals surface area contributed by atoms with Gasteiger partial charge in [0.1, 0.15) is 0 Å². The number of carbonyl (C=O) groups excluding carboxylic acids is 1. The summed E-state index contributed by atoms with van der Waals surface area (Å²) in [6, 6.07) is 0.175. The van der Waals surface area contributed by atoms with Crippen molar-refractivity contribution in [2.75, 3.05) is 13.1 Å². The number of amides is 1. The monoisotopic (exact) mass is 270 g/mol. The number of hydrogen-bond acceptors (Lipinski definition) is 3. The molecule has 5 nitrogen and oxygen atoms in total. The van der Waals surface area contributed by atoms with Crippen molar-refractivity contribution in [2.45, 2.75) is 52.0 Å². The Labute approximate surface area is 115 Å². The highest BCUT2D eigenvalue weighted by Crippen LogP contribution is 2.20. The van der Waals surface area contributed by atoms with E-state index in [1.54, 1.807) is 4.90 Å². The molecule has 1 rings (SSSR count). The number of carbonyl (C=O) groups is 2. The second kappa shape index (κ2) is 7.48. The maximum absolute atomic E-state index is 12.2. The number of piperidine rings is 1. The summed E-state index contributed by atoms with van der Waals surface area (Å²) in [6.07, 6.45) is 4.16. The summed E-state index contributed by atoms with van der Waals surface area (Å²) >= 11 is 0. The maximum Gasteiger partial charge on any atom is 0.308 e. The predicted molar refractivity (Wildman–Crippen MR) is 73.6 cm³/mol. The Bertz CT molecular complexity index is 318. The van der Waals surface area contributed by atoms with E-state index in [9.17, 15) is 9.59 Å². The van der Waals surface area contributed by atoms with Crippen LogP contribution in [0.4, 0.5) is 0 Å². The van der Waals surface area contributed by atoms with Gasteiger partial charge in [0, 0.05) is 25.0 Å². The lowest BCUT2D eigenvalue weighted by Gasteiger charge is -2.32. The zero-order valence-electron chi connectivity index (χ0n) is 12.0. The first kappa shape index (κ1) is 16.0. The van der Waals surface area contributed by atoms with Crippen LogP contribution < -0.4 is 5.73 Å². The predicted octanol–water partition coefficient (Wildman–Crippen LogP) is 1.46. The zero-order chi connectivity index (χ0) is 14.4. The lowest BCUT2D eigenvalue weighted by Crippen LogP contribution is -2.44. The topological polar surface area (TPSA) is 83.6 Å². The number of nitrogens with two attached hydrogens (primary N) is 1. The Morgan fingerprint density at radius 1 is 1.37 bits per heavy atom. The average Bonchev–Trinajstić information content (AvgIpc) is 2.37. The van der Waals surface area contributed by atoms with Crippen LogP contribution in [0.5, 0.6) is 0 Å². The first-order chi connectivity index (χ1) is 8.91. The summed E-state index contributed by atoms with van der Waals surface area (Å²) in [4.78, 5) is 25.0. The van der Waals surface area contributed by atoms with Crippen LogP contribution in [0.25, 0.3) is 0 Å². The molecule has 1 aliphatic rings. The number of carboxylic acid groups (broad SMARTS) is 1. The van der Waals surface area contributed by atoms with Gasteiger partial charge in [-0.1, -0.05) is 13.3 Å². The molecule has 0 saturated carbocycles. The minimum Gasteiger partial charge on any atom is -0.481 e. The summed E-state index contributed by atoms with van der Waals surface area (Å²) < 4.78 is 0. The first-order valence-electron chi connectivity index (χ1n) is 7.19. The van der Waals surface area contributed by atoms with Crippen molar-refractivity contribution < 1.29 is 14.7 Å². The van der Waals surface area contributed by atoms with Crippen molar-refractivity contribution in [3.05, 3.63) is 0 Å². The molecule has 1 heterocycles. The normalized spacial score (nSPS) is 22.9. The van der Waals surface area contributed by atoms with E-state index >= 15 is 0 Å². The third-order valence-electron chi connectivity index (χ3n) is 3.80. The SMILES string of the molecule is CC(N)CCCC(C)C(=O)N1CCCC(C(=O)O)C1. The third kappa shape index (κ3) is 5.19. The molecule has 0 radical (unpaired) electrons. The summed E-state index contributed by atoms with van der Waals surface area (Å²) in [5.41, 5.74) is 5.69. The van der Waals surface area contributed by atoms with Crippen LogP contribution in [0.1, 0.15) is 46.0 Å². The van der Waals surface area contributed by atoms with Crippen molar-refractivity contribution >= 4 is 11.9 Å². The van der Waals surface area contributed by atoms with E-state index in [2.05, 4.69) is 0 Å². The van der Waals surface area contributed by atoms with Crippen LogP contribution in [0.3, 0.4) is 0 Å². The molecule has 110 valence electrons. The minimum atomic E-state index is -0.790. The number of likely N-dealkylation sites (tertiary alicyclic amines) is 1. The Hall–Kier alpha value is -1.10. The van der Waals surface area contributed by atoms with E-state index in [4.69, 9.17) is 10.8 Å². The Morgan fingerprint density at radius 2 is 2.05 bits per heavy atom. The molecule has 0 aromatic rings. The van der Waals surface area contributed by atoms with Gasteiger partial charge in [0.15, 0.2) is 0 Å². The van der Waals surface area contributed by atoms with Gasteiger partial charge >= 0.3 is 5.97 Å². The van der Waals surface area contributed by atoms with Gasteiger partial charge in [-0.2, -0.15) is 0 Å². The second-order valence-corrected chi connectivity index (χ2v) is 5.77. The largest absolute Gasteiger partial charge is 0.481 e. The molecule has 1 aliphatic heterocycles. The summed E-state index contributed by atoms with van der Waals surface area (Å²) in [6.45, 7) is 4.95. The van der Waals surface area contributed by atoms with Gasteiger partial charge in [0.2, 0.25) is 5.91 Å². The third-order valence-corrected chi connectivity index (χ3v) is 3.80. The van der Waals surface area contributed by atoms with E-state index in [1.807, 2.05) is 13.8 Å². The van der Waals surface area contributed by atoms with Crippen LogP contribution in [0.15, 0.2) is 0 Å². The van der Waals surface area contributed by atoms with Gasteiger partial charge in [0.25, 0.3) is 0 Å². The lowest BCUT2D eigenvalue weighted by molar-refractivity contribution is -0.146. The van der Waals surface area contributed by atoms with Gasteiger partial charge in [0.05, 0.1) is 5.92 Å². The van der Waals surface area contributed by atoms with E-state index in [1.165, 1.54) is 0 Å². The van der Waals surface area contributed by atoms with Crippen molar-refractivity contribution in [1.82, 2.24) is 4.90 Å². The number of carboxylic acids is 1. The molecule has 0 aromatic carbocycles. The van der Waals surface area contributed by atoms with Crippen molar-refractivity contribution in [1.29, 1.82) is 0 Å². The summed E-state index contributed by atoms with van der Waals surface area (Å²) in [7, 11) is 0. The smallest absolute Gasteiger partial charge is 0.308 e. The average molecular weight is 270 g/mol. The van der Waals surface area contributed by atoms with Gasteiger partial charge < -0.3 is 15.7 Å². The van der Waals surface area contributed by atoms with Crippen LogP contribution in [0.2, 0.25) is 0 Å². The molecule has 0 aliphatic carbocycles. The molecule has 1 saturated heterocycles. The number of hydrogen-bond donors (Lipinski definition) is 2. The fraction of sp³-hybridized carbons (Fsp3) is 0.857. The van der Waals surface area contributed by atoms with E-state index in [0.717, 1.165) is 25.7 Å². The fourth-order valence-corrected chi connectivity index (χ4v) is 2.56. The van der Waals surface area contributed by atoms with E-state index < -0.39 is 11.9 Å². The van der Waals surface area contributed by atoms with Gasteiger partial charge in [-0.25, -0.2) is 0 Å². The Kier molecular flexibility index (Phi) is 6.28. The van der Waals surface area contributed by atoms with Crippen molar-refractivity contribution in [3.8, 4) is 0 Å². The van der Waals surface area contributed by atoms with Crippen molar-refractivity contribution in [2.24, 2.45) is 17.6 Å². The van der Waals surface area contributed by atoms with Crippen LogP contribution in [-0.2, 0) is 9.59 Å². The molecule has 5 heteroatoms. The maximum atomic E-state index is 12.2. The van der Waals surface area contributed by atoms with Crippen LogP contribution in [0, 0.1) is 11.8 Å². The highest BCUT2D eigenvalue weighted by Gasteiger charge is 2.29. The molecule has 3 unspecified atom stereocenters. The summed E-state index contributed by atoms with van der Waals surface area (Å²) in [5, 5.41) is 9.03. The number of aliphatic carboxylic acids is 1. The van der Waals surface area contributed by atoms with E-state index in [0.29, 0.717) is 19.5 Å². The molecule has 0 aromatic heterocycles. The minimum absolute atomic E-state index is 0.0358. The van der Waals surface area contributed by atoms with Gasteiger partial charge in [-0.3, -0.25) is 9.59 Å². The number of nitrogens with zero attached hydrogens (tertiary/aromatic N) is 1. The fourth-order valence-electron chi connectivity index (χ4n) is 2.56. The van der Waals surface area contributed by atoms with Crippen LogP contribution in [-0.4, -0.2) is 41.0 Å². The molecule has 3 N–H and O–H groups in total. The van der Waals surface area contributed by atoms with Gasteiger partial charge in [-0.05, 0) is 32.6 Å². The highest BCUT2D eigenvalue weighted by molar-refractivity contribution is 5.79.